The topological polar surface area (TPSA) is 92.1 Å². The second kappa shape index (κ2) is 5.89. The van der Waals surface area contributed by atoms with Gasteiger partial charge in [-0.3, -0.25) is 0 Å². The van der Waals surface area contributed by atoms with Crippen LogP contribution in [-0.2, 0) is 6.42 Å². The van der Waals surface area contributed by atoms with Gasteiger partial charge in [-0.15, -0.1) is 24.0 Å². The summed E-state index contributed by atoms with van der Waals surface area (Å²) in [4.78, 5) is 16.4. The van der Waals surface area contributed by atoms with Crippen molar-refractivity contribution in [2.45, 2.75) is 19.4 Å². The average Bonchev–Trinajstić information content (AvgIpc) is 2.46. The molecule has 0 aliphatic heterocycles. The molecule has 0 fully saturated rings. The number of nitro groups is 1. The molecule has 15 heavy (non-hydrogen) atoms. The van der Waals surface area contributed by atoms with Crippen LogP contribution in [0.2, 0.25) is 0 Å². The van der Waals surface area contributed by atoms with Crippen molar-refractivity contribution >= 4 is 29.8 Å². The number of hydrogen-bond donors (Lipinski definition) is 2. The van der Waals surface area contributed by atoms with E-state index in [2.05, 4.69) is 9.97 Å². The molecule has 1 aromatic rings. The van der Waals surface area contributed by atoms with Crippen molar-refractivity contribution < 1.29 is 10.0 Å². The number of alkyl halides is 1. The molecule has 1 heterocycles. The van der Waals surface area contributed by atoms with Crippen LogP contribution in [0.5, 0.6) is 0 Å². The maximum Gasteiger partial charge on any atom is 0.343 e. The normalized spacial score (nSPS) is 11.9. The molecule has 0 spiro atoms. The van der Waals surface area contributed by atoms with E-state index in [-0.39, 0.29) is 36.2 Å². The largest absolute Gasteiger partial charge is 0.391 e. The van der Waals surface area contributed by atoms with Gasteiger partial charge in [0.15, 0.2) is 5.82 Å². The number of imidazole rings is 1. The monoisotopic (exact) mass is 255 g/mol. The Morgan fingerprint density at radius 2 is 2.33 bits per heavy atom. The van der Waals surface area contributed by atoms with Crippen molar-refractivity contribution in [1.82, 2.24) is 9.97 Å². The molecule has 8 heteroatoms. The first-order valence-electron chi connectivity index (χ1n) is 3.98. The fourth-order valence-electron chi connectivity index (χ4n) is 1.10. The molecular formula is C7H11Cl2N3O3. The van der Waals surface area contributed by atoms with Crippen molar-refractivity contribution in [1.29, 1.82) is 0 Å². The average molecular weight is 256 g/mol. The van der Waals surface area contributed by atoms with Gasteiger partial charge in [-0.25, -0.2) is 9.97 Å². The number of aryl methyl sites for hydroxylation is 1. The van der Waals surface area contributed by atoms with E-state index in [1.54, 1.807) is 6.92 Å². The number of aliphatic hydroxyl groups is 1. The van der Waals surface area contributed by atoms with Gasteiger partial charge in [0, 0.05) is 19.2 Å². The van der Waals surface area contributed by atoms with Gasteiger partial charge in [0.2, 0.25) is 0 Å². The van der Waals surface area contributed by atoms with Gasteiger partial charge in [0.1, 0.15) is 5.69 Å². The van der Waals surface area contributed by atoms with Crippen LogP contribution in [0.3, 0.4) is 0 Å². The summed E-state index contributed by atoms with van der Waals surface area (Å²) in [6, 6.07) is 0. The van der Waals surface area contributed by atoms with Gasteiger partial charge in [-0.05, 0) is 4.92 Å². The minimum atomic E-state index is -0.807. The maximum atomic E-state index is 10.5. The van der Waals surface area contributed by atoms with E-state index in [0.717, 1.165) is 0 Å². The minimum absolute atomic E-state index is 0. The number of nitrogens with one attached hydrogen (secondary N) is 1. The molecule has 1 unspecified atom stereocenters. The van der Waals surface area contributed by atoms with E-state index in [1.165, 1.54) is 0 Å². The number of halogens is 2. The molecule has 0 saturated carbocycles. The zero-order valence-electron chi connectivity index (χ0n) is 7.94. The van der Waals surface area contributed by atoms with Crippen LogP contribution in [-0.4, -0.2) is 32.0 Å². The molecule has 0 aliphatic carbocycles. The van der Waals surface area contributed by atoms with Crippen molar-refractivity contribution in [3.63, 3.8) is 0 Å². The number of H-pyrrole nitrogens is 1. The highest BCUT2D eigenvalue weighted by Crippen LogP contribution is 2.16. The summed E-state index contributed by atoms with van der Waals surface area (Å²) in [6.45, 7) is 1.61. The zero-order chi connectivity index (χ0) is 10.7. The first-order chi connectivity index (χ1) is 6.54. The van der Waals surface area contributed by atoms with Crippen LogP contribution in [0.1, 0.15) is 11.5 Å². The first-order valence-corrected chi connectivity index (χ1v) is 4.52. The van der Waals surface area contributed by atoms with Gasteiger partial charge in [0.05, 0.1) is 6.10 Å². The summed E-state index contributed by atoms with van der Waals surface area (Å²) in [7, 11) is 0. The van der Waals surface area contributed by atoms with E-state index in [4.69, 9.17) is 11.6 Å². The lowest BCUT2D eigenvalue weighted by Crippen LogP contribution is -2.13. The molecule has 86 valence electrons. The van der Waals surface area contributed by atoms with Crippen molar-refractivity contribution in [2.24, 2.45) is 0 Å². The van der Waals surface area contributed by atoms with E-state index in [9.17, 15) is 15.2 Å². The fourth-order valence-corrected chi connectivity index (χ4v) is 1.21. The fraction of sp³-hybridized carbons (Fsp3) is 0.571. The lowest BCUT2D eigenvalue weighted by Gasteiger charge is -2.02. The summed E-state index contributed by atoms with van der Waals surface area (Å²) in [5, 5.41) is 19.7. The Hall–Kier alpha value is -0.850. The molecule has 0 bridgehead atoms. The van der Waals surface area contributed by atoms with E-state index >= 15 is 0 Å². The van der Waals surface area contributed by atoms with Crippen LogP contribution in [0.15, 0.2) is 0 Å². The number of aromatic nitrogens is 2. The molecule has 0 aliphatic rings. The molecule has 1 aromatic heterocycles. The van der Waals surface area contributed by atoms with Gasteiger partial charge >= 0.3 is 5.82 Å². The van der Waals surface area contributed by atoms with Crippen LogP contribution < -0.4 is 0 Å². The van der Waals surface area contributed by atoms with Crippen LogP contribution in [0.25, 0.3) is 0 Å². The van der Waals surface area contributed by atoms with E-state index in [1.807, 2.05) is 0 Å². The molecule has 0 aromatic carbocycles. The SMILES string of the molecule is Cc1nc(CC(O)CCl)c([N+](=O)[O-])[nH]1.Cl. The molecule has 0 saturated heterocycles. The smallest absolute Gasteiger partial charge is 0.343 e. The Morgan fingerprint density at radius 1 is 1.73 bits per heavy atom. The number of aliphatic hydroxyl groups excluding tert-OH is 1. The zero-order valence-corrected chi connectivity index (χ0v) is 9.51. The van der Waals surface area contributed by atoms with Crippen LogP contribution >= 0.6 is 24.0 Å². The molecule has 2 N–H and O–H groups in total. The standard InChI is InChI=1S/C7H10ClN3O3.ClH/c1-4-9-6(2-5(12)3-8)7(10-4)11(13)14;/h5,12H,2-3H2,1H3,(H,9,10);1H. The molecule has 0 amide bonds. The number of rotatable bonds is 4. The highest BCUT2D eigenvalue weighted by atomic mass is 35.5. The third-order valence-corrected chi connectivity index (χ3v) is 2.02. The second-order valence-corrected chi connectivity index (χ2v) is 3.20. The van der Waals surface area contributed by atoms with Crippen LogP contribution in [0.4, 0.5) is 5.82 Å². The Bertz CT molecular complexity index is 342. The van der Waals surface area contributed by atoms with Gasteiger partial charge in [-0.1, -0.05) is 0 Å². The number of aromatic amines is 1. The minimum Gasteiger partial charge on any atom is -0.391 e. The maximum absolute atomic E-state index is 10.5. The number of nitrogens with zero attached hydrogens (tertiary/aromatic N) is 2. The summed E-state index contributed by atoms with van der Waals surface area (Å²) >= 11 is 5.38. The van der Waals surface area contributed by atoms with Crippen LogP contribution in [0, 0.1) is 17.0 Å². The summed E-state index contributed by atoms with van der Waals surface area (Å²) in [5.41, 5.74) is 0.237. The highest BCUT2D eigenvalue weighted by molar-refractivity contribution is 6.18. The quantitative estimate of drug-likeness (QED) is 0.480. The summed E-state index contributed by atoms with van der Waals surface area (Å²) in [5.74, 6) is 0.309. The predicted octanol–water partition coefficient (Wildman–Crippen LogP) is 1.19. The predicted molar refractivity (Wildman–Crippen MR) is 57.7 cm³/mol. The first kappa shape index (κ1) is 14.2. The lowest BCUT2D eigenvalue weighted by molar-refractivity contribution is -0.390. The molecule has 0 radical (unpaired) electrons. The third kappa shape index (κ3) is 3.65. The lowest BCUT2D eigenvalue weighted by atomic mass is 10.2. The Labute approximate surface area is 97.2 Å². The van der Waals surface area contributed by atoms with Crippen molar-refractivity contribution in [3.8, 4) is 0 Å². The Morgan fingerprint density at radius 3 is 2.80 bits per heavy atom. The van der Waals surface area contributed by atoms with Crippen molar-refractivity contribution in [2.75, 3.05) is 5.88 Å². The Kier molecular flexibility index (Phi) is 5.56. The Balaban J connectivity index is 0.00000196. The van der Waals surface area contributed by atoms with Crippen molar-refractivity contribution in [3.05, 3.63) is 21.6 Å². The number of hydrogen-bond acceptors (Lipinski definition) is 4. The third-order valence-electron chi connectivity index (χ3n) is 1.66. The second-order valence-electron chi connectivity index (χ2n) is 2.89. The van der Waals surface area contributed by atoms with E-state index < -0.39 is 11.0 Å². The summed E-state index contributed by atoms with van der Waals surface area (Å²) < 4.78 is 0. The van der Waals surface area contributed by atoms with Gasteiger partial charge in [0.25, 0.3) is 0 Å². The van der Waals surface area contributed by atoms with E-state index in [0.29, 0.717) is 5.82 Å². The molecule has 6 nitrogen and oxygen atoms in total. The molecule has 1 atom stereocenters. The van der Waals surface area contributed by atoms with Gasteiger partial charge in [-0.2, -0.15) is 0 Å². The van der Waals surface area contributed by atoms with Gasteiger partial charge < -0.3 is 15.2 Å². The molecule has 1 rings (SSSR count). The molecular weight excluding hydrogens is 245 g/mol. The highest BCUT2D eigenvalue weighted by Gasteiger charge is 2.20. The summed E-state index contributed by atoms with van der Waals surface area (Å²) in [6.07, 6.45) is -0.720.